The molecule has 2 aromatic heterocycles. The standard InChI is InChI=1S/C18H20N4O2/c1-12-15(6-4-8-20-12)18(24)21-11-14-9-16(23)22(2)17(14)13-5-3-7-19-10-13/h3-8,10,14,17H,9,11H2,1-2H3,(H,21,24)/t14-,17-/m0/s1. The number of aromatic nitrogens is 2. The van der Waals surface area contributed by atoms with Crippen LogP contribution in [0, 0.1) is 12.8 Å². The third kappa shape index (κ3) is 3.13. The van der Waals surface area contributed by atoms with E-state index in [1.807, 2.05) is 12.1 Å². The molecule has 1 saturated heterocycles. The van der Waals surface area contributed by atoms with Crippen LogP contribution in [-0.2, 0) is 4.79 Å². The van der Waals surface area contributed by atoms with Crippen molar-refractivity contribution < 1.29 is 9.59 Å². The molecular weight excluding hydrogens is 304 g/mol. The maximum absolute atomic E-state index is 12.4. The fourth-order valence-electron chi connectivity index (χ4n) is 3.23. The van der Waals surface area contributed by atoms with Gasteiger partial charge in [0.1, 0.15) is 0 Å². The minimum absolute atomic E-state index is 0.0210. The fourth-order valence-corrected chi connectivity index (χ4v) is 3.23. The molecule has 0 radical (unpaired) electrons. The number of nitrogens with one attached hydrogen (secondary N) is 1. The molecule has 0 aromatic carbocycles. The van der Waals surface area contributed by atoms with E-state index in [0.717, 1.165) is 5.56 Å². The van der Waals surface area contributed by atoms with E-state index in [9.17, 15) is 9.59 Å². The van der Waals surface area contributed by atoms with Gasteiger partial charge in [-0.15, -0.1) is 0 Å². The topological polar surface area (TPSA) is 75.2 Å². The average Bonchev–Trinajstić information content (AvgIpc) is 2.88. The maximum atomic E-state index is 12.4. The molecule has 2 atom stereocenters. The van der Waals surface area contributed by atoms with Crippen molar-refractivity contribution in [3.8, 4) is 0 Å². The molecule has 1 N–H and O–H groups in total. The van der Waals surface area contributed by atoms with Crippen molar-refractivity contribution in [3.63, 3.8) is 0 Å². The molecule has 0 bridgehead atoms. The second-order valence-corrected chi connectivity index (χ2v) is 6.05. The van der Waals surface area contributed by atoms with Crippen molar-refractivity contribution in [2.75, 3.05) is 13.6 Å². The molecule has 124 valence electrons. The quantitative estimate of drug-likeness (QED) is 0.929. The molecule has 1 aliphatic rings. The Hall–Kier alpha value is -2.76. The van der Waals surface area contributed by atoms with E-state index < -0.39 is 0 Å². The van der Waals surface area contributed by atoms with Gasteiger partial charge in [0.2, 0.25) is 5.91 Å². The Morgan fingerprint density at radius 3 is 2.83 bits per heavy atom. The molecule has 3 heterocycles. The maximum Gasteiger partial charge on any atom is 0.253 e. The molecule has 6 heteroatoms. The third-order valence-corrected chi connectivity index (χ3v) is 4.50. The lowest BCUT2D eigenvalue weighted by Gasteiger charge is -2.25. The van der Waals surface area contributed by atoms with Crippen molar-refractivity contribution in [1.82, 2.24) is 20.2 Å². The number of hydrogen-bond acceptors (Lipinski definition) is 4. The van der Waals surface area contributed by atoms with E-state index in [1.165, 1.54) is 0 Å². The SMILES string of the molecule is Cc1ncccc1C(=O)NC[C@@H]1CC(=O)N(C)[C@H]1c1cccnc1. The number of hydrogen-bond donors (Lipinski definition) is 1. The summed E-state index contributed by atoms with van der Waals surface area (Å²) in [6, 6.07) is 7.25. The molecule has 6 nitrogen and oxygen atoms in total. The van der Waals surface area contributed by atoms with Gasteiger partial charge < -0.3 is 10.2 Å². The van der Waals surface area contributed by atoms with Crippen LogP contribution < -0.4 is 5.32 Å². The molecule has 1 fully saturated rings. The van der Waals surface area contributed by atoms with Crippen molar-refractivity contribution in [1.29, 1.82) is 0 Å². The number of likely N-dealkylation sites (tertiary alicyclic amines) is 1. The van der Waals surface area contributed by atoms with Crippen molar-refractivity contribution >= 4 is 11.8 Å². The molecule has 0 aliphatic carbocycles. The first kappa shape index (κ1) is 16.1. The predicted octanol–water partition coefficient (Wildman–Crippen LogP) is 1.73. The first-order valence-corrected chi connectivity index (χ1v) is 7.93. The Bertz CT molecular complexity index is 748. The lowest BCUT2D eigenvalue weighted by atomic mass is 9.94. The van der Waals surface area contributed by atoms with Crippen LogP contribution in [-0.4, -0.2) is 40.3 Å². The van der Waals surface area contributed by atoms with E-state index >= 15 is 0 Å². The number of rotatable bonds is 4. The minimum Gasteiger partial charge on any atom is -0.352 e. The van der Waals surface area contributed by atoms with E-state index in [2.05, 4.69) is 15.3 Å². The van der Waals surface area contributed by atoms with E-state index in [-0.39, 0.29) is 23.8 Å². The normalized spacial score (nSPS) is 20.2. The zero-order valence-electron chi connectivity index (χ0n) is 13.8. The van der Waals surface area contributed by atoms with Crippen LogP contribution in [0.25, 0.3) is 0 Å². The highest BCUT2D eigenvalue weighted by molar-refractivity contribution is 5.95. The van der Waals surface area contributed by atoms with Crippen LogP contribution in [0.4, 0.5) is 0 Å². The largest absolute Gasteiger partial charge is 0.352 e. The summed E-state index contributed by atoms with van der Waals surface area (Å²) in [5.41, 5.74) is 2.24. The van der Waals surface area contributed by atoms with E-state index in [1.54, 1.807) is 49.6 Å². The van der Waals surface area contributed by atoms with Gasteiger partial charge in [-0.2, -0.15) is 0 Å². The van der Waals surface area contributed by atoms with Gasteiger partial charge in [-0.3, -0.25) is 19.6 Å². The molecule has 3 rings (SSSR count). The smallest absolute Gasteiger partial charge is 0.253 e. The van der Waals surface area contributed by atoms with Gasteiger partial charge >= 0.3 is 0 Å². The second kappa shape index (κ2) is 6.78. The van der Waals surface area contributed by atoms with Crippen LogP contribution in [0.15, 0.2) is 42.9 Å². The number of carbonyl (C=O) groups excluding carboxylic acids is 2. The molecule has 0 spiro atoms. The van der Waals surface area contributed by atoms with Crippen LogP contribution in [0.5, 0.6) is 0 Å². The van der Waals surface area contributed by atoms with Gasteiger partial charge in [0.25, 0.3) is 5.91 Å². The highest BCUT2D eigenvalue weighted by Crippen LogP contribution is 2.36. The molecule has 24 heavy (non-hydrogen) atoms. The summed E-state index contributed by atoms with van der Waals surface area (Å²) in [4.78, 5) is 34.5. The first-order chi connectivity index (χ1) is 11.6. The average molecular weight is 324 g/mol. The van der Waals surface area contributed by atoms with Gasteiger partial charge in [-0.25, -0.2) is 0 Å². The highest BCUT2D eigenvalue weighted by Gasteiger charge is 2.38. The lowest BCUT2D eigenvalue weighted by molar-refractivity contribution is -0.127. The third-order valence-electron chi connectivity index (χ3n) is 4.50. The number of amides is 2. The number of aryl methyl sites for hydroxylation is 1. The number of nitrogens with zero attached hydrogens (tertiary/aromatic N) is 3. The summed E-state index contributed by atoms with van der Waals surface area (Å²) < 4.78 is 0. The first-order valence-electron chi connectivity index (χ1n) is 7.93. The Morgan fingerprint density at radius 2 is 2.12 bits per heavy atom. The van der Waals surface area contributed by atoms with Crippen molar-refractivity contribution in [3.05, 3.63) is 59.7 Å². The summed E-state index contributed by atoms with van der Waals surface area (Å²) in [6.07, 6.45) is 5.57. The van der Waals surface area contributed by atoms with Crippen molar-refractivity contribution in [2.45, 2.75) is 19.4 Å². The number of pyridine rings is 2. The Kier molecular flexibility index (Phi) is 4.55. The zero-order chi connectivity index (χ0) is 17.1. The summed E-state index contributed by atoms with van der Waals surface area (Å²) in [5, 5.41) is 2.94. The van der Waals surface area contributed by atoms with Crippen LogP contribution in [0.3, 0.4) is 0 Å². The zero-order valence-corrected chi connectivity index (χ0v) is 13.8. The van der Waals surface area contributed by atoms with Crippen molar-refractivity contribution in [2.24, 2.45) is 5.92 Å². The summed E-state index contributed by atoms with van der Waals surface area (Å²) >= 11 is 0. The van der Waals surface area contributed by atoms with Crippen LogP contribution in [0.2, 0.25) is 0 Å². The molecule has 0 unspecified atom stereocenters. The summed E-state index contributed by atoms with van der Waals surface area (Å²) in [7, 11) is 1.80. The Balaban J connectivity index is 1.73. The fraction of sp³-hybridized carbons (Fsp3) is 0.333. The van der Waals surface area contributed by atoms with Gasteiger partial charge in [-0.1, -0.05) is 6.07 Å². The van der Waals surface area contributed by atoms with E-state index in [4.69, 9.17) is 0 Å². The van der Waals surface area contributed by atoms with Crippen LogP contribution >= 0.6 is 0 Å². The predicted molar refractivity (Wildman–Crippen MR) is 89.2 cm³/mol. The molecule has 0 saturated carbocycles. The monoisotopic (exact) mass is 324 g/mol. The number of carbonyl (C=O) groups is 2. The Morgan fingerprint density at radius 1 is 1.33 bits per heavy atom. The summed E-state index contributed by atoms with van der Waals surface area (Å²) in [6.45, 7) is 2.24. The van der Waals surface area contributed by atoms with Gasteiger partial charge in [0, 0.05) is 50.2 Å². The van der Waals surface area contributed by atoms with Gasteiger partial charge in [0.15, 0.2) is 0 Å². The second-order valence-electron chi connectivity index (χ2n) is 6.05. The molecule has 2 amide bonds. The molecular formula is C18H20N4O2. The highest BCUT2D eigenvalue weighted by atomic mass is 16.2. The van der Waals surface area contributed by atoms with Crippen LogP contribution in [0.1, 0.15) is 34.1 Å². The van der Waals surface area contributed by atoms with Gasteiger partial charge in [0.05, 0.1) is 11.6 Å². The molecule has 2 aromatic rings. The van der Waals surface area contributed by atoms with E-state index in [0.29, 0.717) is 24.2 Å². The van der Waals surface area contributed by atoms with Gasteiger partial charge in [-0.05, 0) is 30.7 Å². The minimum atomic E-state index is -0.160. The summed E-state index contributed by atoms with van der Waals surface area (Å²) in [5.74, 6) is -0.0548. The Labute approximate surface area is 140 Å². The lowest BCUT2D eigenvalue weighted by Crippen LogP contribution is -2.33. The molecule has 1 aliphatic heterocycles.